The molecule has 2 unspecified atom stereocenters. The Kier molecular flexibility index (Phi) is 4.25. The quantitative estimate of drug-likeness (QED) is 0.871. The summed E-state index contributed by atoms with van der Waals surface area (Å²) in [6.07, 6.45) is 5.06. The van der Waals surface area contributed by atoms with Crippen LogP contribution in [0.3, 0.4) is 0 Å². The fraction of sp³-hybridized carbons (Fsp3) is 0.556. The molecule has 1 saturated carbocycles. The summed E-state index contributed by atoms with van der Waals surface area (Å²) in [7, 11) is 0. The van der Waals surface area contributed by atoms with Gasteiger partial charge in [0.25, 0.3) is 0 Å². The number of anilines is 1. The summed E-state index contributed by atoms with van der Waals surface area (Å²) in [5.41, 5.74) is 0.703. The summed E-state index contributed by atoms with van der Waals surface area (Å²) in [6.45, 7) is 4.77. The monoisotopic (exact) mass is 344 g/mol. The highest BCUT2D eigenvalue weighted by atomic mass is 16.5. The number of furan rings is 1. The predicted octanol–water partition coefficient (Wildman–Crippen LogP) is 3.41. The molecule has 2 aromatic rings. The molecule has 7 nitrogen and oxygen atoms in total. The Balaban J connectivity index is 1.46. The lowest BCUT2D eigenvalue weighted by atomic mass is 10.1. The van der Waals surface area contributed by atoms with Gasteiger partial charge in [0, 0.05) is 18.7 Å². The molecule has 3 heterocycles. The van der Waals surface area contributed by atoms with Crippen molar-refractivity contribution in [2.24, 2.45) is 5.92 Å². The standard InChI is InChI=1S/C18H24N4O3/c1-11(2)22-16(10-14(21-22)15-4-3-8-24-15)20-18(23)19-13-7-9-25-17(13)12-5-6-12/h3-4,8,10-13,17H,5-7,9H2,1-2H3,(H2,19,20,23). The van der Waals surface area contributed by atoms with E-state index in [0.717, 1.165) is 13.0 Å². The van der Waals surface area contributed by atoms with E-state index in [1.807, 2.05) is 32.0 Å². The first-order valence-electron chi connectivity index (χ1n) is 8.94. The average Bonchev–Trinajstić information content (AvgIpc) is 3.01. The van der Waals surface area contributed by atoms with E-state index in [2.05, 4.69) is 15.7 Å². The van der Waals surface area contributed by atoms with Gasteiger partial charge in [-0.05, 0) is 51.2 Å². The van der Waals surface area contributed by atoms with Crippen LogP contribution in [0, 0.1) is 5.92 Å². The molecule has 0 bridgehead atoms. The van der Waals surface area contributed by atoms with Crippen LogP contribution in [0.1, 0.15) is 39.2 Å². The third kappa shape index (κ3) is 3.42. The minimum atomic E-state index is -0.214. The van der Waals surface area contributed by atoms with Crippen LogP contribution in [-0.2, 0) is 4.74 Å². The molecule has 1 aliphatic carbocycles. The summed E-state index contributed by atoms with van der Waals surface area (Å²) in [6, 6.07) is 5.51. The highest BCUT2D eigenvalue weighted by Gasteiger charge is 2.41. The van der Waals surface area contributed by atoms with Gasteiger partial charge in [0.1, 0.15) is 11.5 Å². The van der Waals surface area contributed by atoms with E-state index in [1.165, 1.54) is 12.8 Å². The number of rotatable bonds is 5. The second-order valence-corrected chi connectivity index (χ2v) is 7.10. The zero-order valence-corrected chi connectivity index (χ0v) is 14.6. The summed E-state index contributed by atoms with van der Waals surface area (Å²) < 4.78 is 13.0. The van der Waals surface area contributed by atoms with Crippen molar-refractivity contribution in [3.8, 4) is 11.5 Å². The maximum atomic E-state index is 12.5. The molecular weight excluding hydrogens is 320 g/mol. The number of nitrogens with one attached hydrogen (secondary N) is 2. The first-order valence-corrected chi connectivity index (χ1v) is 8.94. The Morgan fingerprint density at radius 3 is 2.88 bits per heavy atom. The maximum absolute atomic E-state index is 12.5. The lowest BCUT2D eigenvalue weighted by Gasteiger charge is -2.20. The zero-order valence-electron chi connectivity index (χ0n) is 14.6. The van der Waals surface area contributed by atoms with Crippen LogP contribution in [0.4, 0.5) is 10.6 Å². The number of amides is 2. The zero-order chi connectivity index (χ0) is 17.4. The van der Waals surface area contributed by atoms with Crippen LogP contribution >= 0.6 is 0 Å². The molecule has 2 aromatic heterocycles. The largest absolute Gasteiger partial charge is 0.463 e. The molecule has 0 aromatic carbocycles. The SMILES string of the molecule is CC(C)n1nc(-c2ccco2)cc1NC(=O)NC1CCOC1C1CC1. The average molecular weight is 344 g/mol. The third-order valence-electron chi connectivity index (χ3n) is 4.78. The highest BCUT2D eigenvalue weighted by Crippen LogP contribution is 2.38. The summed E-state index contributed by atoms with van der Waals surface area (Å²) in [4.78, 5) is 12.5. The minimum Gasteiger partial charge on any atom is -0.463 e. The van der Waals surface area contributed by atoms with Crippen molar-refractivity contribution in [2.45, 2.75) is 51.3 Å². The Morgan fingerprint density at radius 2 is 2.20 bits per heavy atom. The Hall–Kier alpha value is -2.28. The first-order chi connectivity index (χ1) is 12.1. The van der Waals surface area contributed by atoms with E-state index >= 15 is 0 Å². The Bertz CT molecular complexity index is 734. The fourth-order valence-electron chi connectivity index (χ4n) is 3.40. The van der Waals surface area contributed by atoms with Gasteiger partial charge in [-0.25, -0.2) is 9.48 Å². The van der Waals surface area contributed by atoms with Gasteiger partial charge >= 0.3 is 6.03 Å². The van der Waals surface area contributed by atoms with Gasteiger partial charge < -0.3 is 14.5 Å². The van der Waals surface area contributed by atoms with E-state index in [-0.39, 0.29) is 24.2 Å². The van der Waals surface area contributed by atoms with Crippen molar-refractivity contribution < 1.29 is 13.9 Å². The van der Waals surface area contributed by atoms with Gasteiger partial charge in [-0.15, -0.1) is 0 Å². The summed E-state index contributed by atoms with van der Waals surface area (Å²) in [5.74, 6) is 1.95. The van der Waals surface area contributed by atoms with Crippen molar-refractivity contribution in [2.75, 3.05) is 11.9 Å². The van der Waals surface area contributed by atoms with Crippen LogP contribution in [-0.4, -0.2) is 34.6 Å². The van der Waals surface area contributed by atoms with Gasteiger partial charge in [-0.1, -0.05) is 0 Å². The molecule has 2 amide bonds. The lowest BCUT2D eigenvalue weighted by Crippen LogP contribution is -2.43. The number of hydrogen-bond donors (Lipinski definition) is 2. The van der Waals surface area contributed by atoms with Crippen molar-refractivity contribution in [3.05, 3.63) is 24.5 Å². The molecule has 2 N–H and O–H groups in total. The second-order valence-electron chi connectivity index (χ2n) is 7.10. The van der Waals surface area contributed by atoms with Gasteiger partial charge in [-0.3, -0.25) is 5.32 Å². The molecule has 25 heavy (non-hydrogen) atoms. The van der Waals surface area contributed by atoms with Crippen LogP contribution in [0.2, 0.25) is 0 Å². The van der Waals surface area contributed by atoms with E-state index in [1.54, 1.807) is 10.9 Å². The van der Waals surface area contributed by atoms with Crippen LogP contribution in [0.15, 0.2) is 28.9 Å². The molecule has 1 aliphatic heterocycles. The molecule has 2 fully saturated rings. The highest BCUT2D eigenvalue weighted by molar-refractivity contribution is 5.89. The minimum absolute atomic E-state index is 0.0902. The van der Waals surface area contributed by atoms with Gasteiger partial charge in [0.05, 0.1) is 18.4 Å². The van der Waals surface area contributed by atoms with Crippen molar-refractivity contribution >= 4 is 11.8 Å². The Morgan fingerprint density at radius 1 is 1.36 bits per heavy atom. The van der Waals surface area contributed by atoms with Crippen molar-refractivity contribution in [1.82, 2.24) is 15.1 Å². The molecule has 2 aliphatic rings. The van der Waals surface area contributed by atoms with Gasteiger partial charge in [0.15, 0.2) is 5.76 Å². The number of hydrogen-bond acceptors (Lipinski definition) is 4. The van der Waals surface area contributed by atoms with E-state index in [9.17, 15) is 4.79 Å². The number of ether oxygens (including phenoxy) is 1. The Labute approximate surface area is 146 Å². The van der Waals surface area contributed by atoms with Gasteiger partial charge in [0.2, 0.25) is 0 Å². The van der Waals surface area contributed by atoms with Crippen LogP contribution < -0.4 is 10.6 Å². The third-order valence-corrected chi connectivity index (χ3v) is 4.78. The summed E-state index contributed by atoms with van der Waals surface area (Å²) >= 11 is 0. The molecule has 0 spiro atoms. The predicted molar refractivity (Wildman–Crippen MR) is 93.3 cm³/mol. The molecular formula is C18H24N4O3. The first kappa shape index (κ1) is 16.2. The number of carbonyl (C=O) groups excluding carboxylic acids is 1. The topological polar surface area (TPSA) is 81.3 Å². The maximum Gasteiger partial charge on any atom is 0.320 e. The fourth-order valence-corrected chi connectivity index (χ4v) is 3.40. The number of carbonyl (C=O) groups is 1. The van der Waals surface area contributed by atoms with Gasteiger partial charge in [-0.2, -0.15) is 5.10 Å². The van der Waals surface area contributed by atoms with E-state index in [4.69, 9.17) is 9.15 Å². The van der Waals surface area contributed by atoms with Crippen molar-refractivity contribution in [3.63, 3.8) is 0 Å². The van der Waals surface area contributed by atoms with E-state index in [0.29, 0.717) is 23.2 Å². The number of urea groups is 1. The molecule has 7 heteroatoms. The smallest absolute Gasteiger partial charge is 0.320 e. The summed E-state index contributed by atoms with van der Waals surface area (Å²) in [5, 5.41) is 10.5. The normalized spacial score (nSPS) is 23.2. The number of nitrogens with zero attached hydrogens (tertiary/aromatic N) is 2. The second kappa shape index (κ2) is 6.55. The number of aromatic nitrogens is 2. The molecule has 4 rings (SSSR count). The molecule has 0 radical (unpaired) electrons. The van der Waals surface area contributed by atoms with Crippen molar-refractivity contribution in [1.29, 1.82) is 0 Å². The van der Waals surface area contributed by atoms with E-state index < -0.39 is 0 Å². The van der Waals surface area contributed by atoms with Crippen LogP contribution in [0.25, 0.3) is 11.5 Å². The lowest BCUT2D eigenvalue weighted by molar-refractivity contribution is 0.0829. The molecule has 2 atom stereocenters. The molecule has 1 saturated heterocycles. The van der Waals surface area contributed by atoms with Crippen LogP contribution in [0.5, 0.6) is 0 Å². The molecule has 134 valence electrons.